The molecule has 0 amide bonds. The Morgan fingerprint density at radius 3 is 0.909 bits per heavy atom. The molecule has 0 N–H and O–H groups in total. The maximum Gasteiger partial charge on any atom is 0.339 e. The SMILES string of the molecule is O=C(OCC(Oc1ccccc1)Oc1ccccc1)c1ccccc1C(=O)OCC(Oc1ccccc1)Oc1ccccc1. The lowest BCUT2D eigenvalue weighted by Gasteiger charge is -2.21. The summed E-state index contributed by atoms with van der Waals surface area (Å²) in [6.45, 7) is -0.492. The van der Waals surface area contributed by atoms with Crippen molar-refractivity contribution in [1.82, 2.24) is 0 Å². The minimum atomic E-state index is -0.950. The first-order valence-electron chi connectivity index (χ1n) is 13.9. The van der Waals surface area contributed by atoms with Crippen molar-refractivity contribution in [3.05, 3.63) is 157 Å². The number of ether oxygens (including phenoxy) is 6. The van der Waals surface area contributed by atoms with Gasteiger partial charge in [0.1, 0.15) is 23.0 Å². The van der Waals surface area contributed by atoms with E-state index in [9.17, 15) is 9.59 Å². The molecule has 0 saturated heterocycles. The molecule has 0 aromatic heterocycles. The second kappa shape index (κ2) is 15.5. The maximum atomic E-state index is 13.2. The van der Waals surface area contributed by atoms with Gasteiger partial charge in [-0.25, -0.2) is 9.59 Å². The van der Waals surface area contributed by atoms with E-state index in [1.54, 1.807) is 60.7 Å². The summed E-state index contributed by atoms with van der Waals surface area (Å²) in [4.78, 5) is 26.4. The third kappa shape index (κ3) is 8.87. The number of para-hydroxylation sites is 4. The Balaban J connectivity index is 1.24. The van der Waals surface area contributed by atoms with Gasteiger partial charge in [0.05, 0.1) is 11.1 Å². The Labute approximate surface area is 255 Å². The summed E-state index contributed by atoms with van der Waals surface area (Å²) in [7, 11) is 0. The monoisotopic (exact) mass is 590 g/mol. The lowest BCUT2D eigenvalue weighted by Crippen LogP contribution is -2.32. The largest absolute Gasteiger partial charge is 0.454 e. The van der Waals surface area contributed by atoms with Crippen molar-refractivity contribution in [3.63, 3.8) is 0 Å². The Hall–Kier alpha value is -5.76. The van der Waals surface area contributed by atoms with Gasteiger partial charge in [-0.15, -0.1) is 0 Å². The predicted octanol–water partition coefficient (Wildman–Crippen LogP) is 6.97. The zero-order chi connectivity index (χ0) is 30.4. The quantitative estimate of drug-likeness (QED) is 0.101. The summed E-state index contributed by atoms with van der Waals surface area (Å²) in [5.74, 6) is 0.677. The van der Waals surface area contributed by atoms with E-state index in [0.29, 0.717) is 23.0 Å². The molecule has 0 aliphatic rings. The number of rotatable bonds is 14. The normalized spacial score (nSPS) is 10.6. The number of esters is 2. The molecular formula is C36H30O8. The highest BCUT2D eigenvalue weighted by Gasteiger charge is 2.24. The van der Waals surface area contributed by atoms with Crippen molar-refractivity contribution in [2.75, 3.05) is 13.2 Å². The molecule has 5 aromatic rings. The van der Waals surface area contributed by atoms with E-state index >= 15 is 0 Å². The van der Waals surface area contributed by atoms with Crippen molar-refractivity contribution in [3.8, 4) is 23.0 Å². The van der Waals surface area contributed by atoms with Gasteiger partial charge in [-0.3, -0.25) is 0 Å². The molecular weight excluding hydrogens is 560 g/mol. The number of carbonyl (C=O) groups is 2. The van der Waals surface area contributed by atoms with Crippen LogP contribution in [0.2, 0.25) is 0 Å². The summed E-state index contributed by atoms with van der Waals surface area (Å²) in [6.07, 6.45) is -1.90. The molecule has 0 spiro atoms. The Bertz CT molecular complexity index is 1390. The van der Waals surface area contributed by atoms with Crippen LogP contribution >= 0.6 is 0 Å². The van der Waals surface area contributed by atoms with E-state index in [0.717, 1.165) is 0 Å². The highest BCUT2D eigenvalue weighted by Crippen LogP contribution is 2.19. The number of hydrogen-bond acceptors (Lipinski definition) is 8. The fraction of sp³-hybridized carbons (Fsp3) is 0.111. The Morgan fingerprint density at radius 1 is 0.386 bits per heavy atom. The van der Waals surface area contributed by atoms with Crippen LogP contribution in [0.4, 0.5) is 0 Å². The van der Waals surface area contributed by atoms with Gasteiger partial charge >= 0.3 is 11.9 Å². The average molecular weight is 591 g/mol. The van der Waals surface area contributed by atoms with Gasteiger partial charge in [0.2, 0.25) is 0 Å². The number of hydrogen-bond donors (Lipinski definition) is 0. The fourth-order valence-corrected chi connectivity index (χ4v) is 4.07. The van der Waals surface area contributed by atoms with E-state index in [2.05, 4.69) is 0 Å². The van der Waals surface area contributed by atoms with Crippen LogP contribution in [0.1, 0.15) is 20.7 Å². The van der Waals surface area contributed by atoms with Gasteiger partial charge < -0.3 is 28.4 Å². The van der Waals surface area contributed by atoms with E-state index in [1.807, 2.05) is 72.8 Å². The fourth-order valence-electron chi connectivity index (χ4n) is 4.07. The van der Waals surface area contributed by atoms with Crippen molar-refractivity contribution in [2.24, 2.45) is 0 Å². The second-order valence-corrected chi connectivity index (χ2v) is 9.33. The van der Waals surface area contributed by atoms with Gasteiger partial charge in [-0.05, 0) is 60.7 Å². The smallest absolute Gasteiger partial charge is 0.339 e. The third-order valence-electron chi connectivity index (χ3n) is 6.11. The van der Waals surface area contributed by atoms with Crippen LogP contribution in [-0.2, 0) is 9.47 Å². The molecule has 0 aliphatic heterocycles. The minimum Gasteiger partial charge on any atom is -0.454 e. The molecule has 5 rings (SSSR count). The van der Waals surface area contributed by atoms with Gasteiger partial charge in [0.25, 0.3) is 12.6 Å². The molecule has 0 aliphatic carbocycles. The molecule has 44 heavy (non-hydrogen) atoms. The first-order chi connectivity index (χ1) is 21.6. The van der Waals surface area contributed by atoms with Crippen molar-refractivity contribution in [1.29, 1.82) is 0 Å². The van der Waals surface area contributed by atoms with Crippen molar-refractivity contribution in [2.45, 2.75) is 12.6 Å². The molecule has 0 fully saturated rings. The van der Waals surface area contributed by atoms with Crippen LogP contribution in [-0.4, -0.2) is 37.7 Å². The third-order valence-corrected chi connectivity index (χ3v) is 6.11. The molecule has 0 atom stereocenters. The molecule has 0 saturated carbocycles. The van der Waals surface area contributed by atoms with E-state index in [-0.39, 0.29) is 24.3 Å². The molecule has 222 valence electrons. The van der Waals surface area contributed by atoms with Gasteiger partial charge in [0, 0.05) is 0 Å². The Morgan fingerprint density at radius 2 is 0.636 bits per heavy atom. The van der Waals surface area contributed by atoms with Crippen LogP contribution in [0, 0.1) is 0 Å². The molecule has 5 aromatic carbocycles. The lowest BCUT2D eigenvalue weighted by molar-refractivity contribution is -0.0479. The van der Waals surface area contributed by atoms with E-state index in [1.165, 1.54) is 12.1 Å². The van der Waals surface area contributed by atoms with Crippen LogP contribution < -0.4 is 18.9 Å². The van der Waals surface area contributed by atoms with E-state index in [4.69, 9.17) is 28.4 Å². The van der Waals surface area contributed by atoms with Crippen molar-refractivity contribution >= 4 is 11.9 Å². The summed E-state index contributed by atoms with van der Waals surface area (Å²) < 4.78 is 34.8. The van der Waals surface area contributed by atoms with Crippen LogP contribution in [0.3, 0.4) is 0 Å². The van der Waals surface area contributed by atoms with Gasteiger partial charge in [-0.2, -0.15) is 0 Å². The second-order valence-electron chi connectivity index (χ2n) is 9.33. The highest BCUT2D eigenvalue weighted by molar-refractivity contribution is 6.03. The molecule has 8 nitrogen and oxygen atoms in total. The summed E-state index contributed by atoms with van der Waals surface area (Å²) in [6, 6.07) is 42.4. The Kier molecular flexibility index (Phi) is 10.4. The average Bonchev–Trinajstić information content (AvgIpc) is 3.07. The summed E-state index contributed by atoms with van der Waals surface area (Å²) in [5, 5.41) is 0. The standard InChI is InChI=1S/C36H30O8/c37-35(39-25-33(41-27-15-5-1-6-16-27)42-28-17-7-2-8-18-28)31-23-13-14-24-32(31)36(38)40-26-34(43-29-19-9-3-10-20-29)44-30-21-11-4-12-22-30/h1-24,33-34H,25-26H2. The van der Waals surface area contributed by atoms with E-state index < -0.39 is 24.5 Å². The summed E-state index contributed by atoms with van der Waals surface area (Å²) >= 11 is 0. The predicted molar refractivity (Wildman–Crippen MR) is 163 cm³/mol. The van der Waals surface area contributed by atoms with Crippen LogP contribution in [0.15, 0.2) is 146 Å². The maximum absolute atomic E-state index is 13.2. The van der Waals surface area contributed by atoms with Gasteiger partial charge in [-0.1, -0.05) is 84.9 Å². The topological polar surface area (TPSA) is 89.5 Å². The first kappa shape index (κ1) is 29.7. The van der Waals surface area contributed by atoms with Gasteiger partial charge in [0.15, 0.2) is 13.2 Å². The summed E-state index contributed by atoms with van der Waals surface area (Å²) in [5.41, 5.74) is 0.0559. The molecule has 8 heteroatoms. The molecule has 0 radical (unpaired) electrons. The minimum absolute atomic E-state index is 0.0279. The first-order valence-corrected chi connectivity index (χ1v) is 13.9. The lowest BCUT2D eigenvalue weighted by atomic mass is 10.1. The van der Waals surface area contributed by atoms with Crippen LogP contribution in [0.25, 0.3) is 0 Å². The number of benzene rings is 5. The van der Waals surface area contributed by atoms with Crippen LogP contribution in [0.5, 0.6) is 23.0 Å². The molecule has 0 heterocycles. The van der Waals surface area contributed by atoms with Crippen molar-refractivity contribution < 1.29 is 38.0 Å². The number of carbonyl (C=O) groups excluding carboxylic acids is 2. The zero-order valence-electron chi connectivity index (χ0n) is 23.7. The highest BCUT2D eigenvalue weighted by atomic mass is 16.7. The molecule has 0 unspecified atom stereocenters. The zero-order valence-corrected chi connectivity index (χ0v) is 23.7. The molecule has 0 bridgehead atoms.